The van der Waals surface area contributed by atoms with Crippen molar-refractivity contribution in [3.8, 4) is 5.75 Å². The molecule has 0 aliphatic heterocycles. The molecule has 6 nitrogen and oxygen atoms in total. The van der Waals surface area contributed by atoms with Crippen LogP contribution in [0.4, 0.5) is 17.6 Å². The molecule has 0 atom stereocenters. The van der Waals surface area contributed by atoms with Crippen LogP contribution in [0, 0.1) is 23.3 Å². The van der Waals surface area contributed by atoms with Crippen LogP contribution in [-0.2, 0) is 20.2 Å². The topological polar surface area (TPSA) is 60.5 Å². The second kappa shape index (κ2) is 8.16. The Bertz CT molecular complexity index is 1020. The van der Waals surface area contributed by atoms with Gasteiger partial charge in [-0.05, 0) is 12.1 Å². The summed E-state index contributed by atoms with van der Waals surface area (Å²) in [6.07, 6.45) is 1.45. The van der Waals surface area contributed by atoms with Crippen molar-refractivity contribution < 1.29 is 31.5 Å². The zero-order chi connectivity index (χ0) is 21.3. The van der Waals surface area contributed by atoms with Crippen molar-refractivity contribution in [1.82, 2.24) is 14.7 Å². The Hall–Kier alpha value is -3.01. The summed E-state index contributed by atoms with van der Waals surface area (Å²) in [5.41, 5.74) is 0.608. The molecule has 154 valence electrons. The van der Waals surface area contributed by atoms with Crippen LogP contribution in [-0.4, -0.2) is 27.6 Å². The van der Waals surface area contributed by atoms with E-state index in [2.05, 4.69) is 5.10 Å². The molecule has 11 heteroatoms. The number of amides is 1. The SMILES string of the molecule is CN(Cc1c(Cl)cnn1C)C(=O)c1ccc(COc2c(F)c(F)cc(F)c2F)o1. The quantitative estimate of drug-likeness (QED) is 0.436. The average molecular weight is 432 g/mol. The normalized spacial score (nSPS) is 11.0. The number of carbonyl (C=O) groups is 1. The molecule has 29 heavy (non-hydrogen) atoms. The molecule has 0 saturated carbocycles. The van der Waals surface area contributed by atoms with Crippen molar-refractivity contribution in [3.05, 3.63) is 69.9 Å². The van der Waals surface area contributed by atoms with E-state index in [1.807, 2.05) is 0 Å². The van der Waals surface area contributed by atoms with Gasteiger partial charge in [0.05, 0.1) is 23.5 Å². The molecule has 3 aromatic rings. The fraction of sp³-hybridized carbons (Fsp3) is 0.222. The summed E-state index contributed by atoms with van der Waals surface area (Å²) in [7, 11) is 3.19. The van der Waals surface area contributed by atoms with Gasteiger partial charge in [-0.1, -0.05) is 11.6 Å². The Balaban J connectivity index is 1.69. The third-order valence-electron chi connectivity index (χ3n) is 4.05. The smallest absolute Gasteiger partial charge is 0.289 e. The summed E-state index contributed by atoms with van der Waals surface area (Å²) in [6.45, 7) is -0.402. The molecule has 0 unspecified atom stereocenters. The highest BCUT2D eigenvalue weighted by molar-refractivity contribution is 6.31. The first-order chi connectivity index (χ1) is 13.7. The fourth-order valence-electron chi connectivity index (χ4n) is 2.49. The van der Waals surface area contributed by atoms with Gasteiger partial charge in [-0.3, -0.25) is 9.48 Å². The van der Waals surface area contributed by atoms with Crippen molar-refractivity contribution in [3.63, 3.8) is 0 Å². The van der Waals surface area contributed by atoms with E-state index in [0.29, 0.717) is 10.7 Å². The van der Waals surface area contributed by atoms with E-state index < -0.39 is 41.5 Å². The van der Waals surface area contributed by atoms with E-state index in [0.717, 1.165) is 0 Å². The van der Waals surface area contributed by atoms with Crippen LogP contribution in [0.1, 0.15) is 22.0 Å². The van der Waals surface area contributed by atoms with Crippen LogP contribution in [0.5, 0.6) is 5.75 Å². The minimum atomic E-state index is -1.67. The first-order valence-electron chi connectivity index (χ1n) is 8.15. The standard InChI is InChI=1S/C18H14ClF4N3O3/c1-25(7-13-10(19)6-24-26(13)2)18(27)14-4-3-9(29-14)8-28-17-15(22)11(20)5-12(21)16(17)23/h3-6H,7-8H2,1-2H3. The molecule has 0 saturated heterocycles. The largest absolute Gasteiger partial charge is 0.479 e. The van der Waals surface area contributed by atoms with Crippen molar-refractivity contribution >= 4 is 17.5 Å². The number of aromatic nitrogens is 2. The van der Waals surface area contributed by atoms with Gasteiger partial charge < -0.3 is 14.1 Å². The minimum Gasteiger partial charge on any atom is -0.479 e. The lowest BCUT2D eigenvalue weighted by Crippen LogP contribution is -2.27. The van der Waals surface area contributed by atoms with E-state index in [1.54, 1.807) is 7.05 Å². The van der Waals surface area contributed by atoms with Crippen LogP contribution in [0.25, 0.3) is 0 Å². The molecule has 2 aromatic heterocycles. The maximum absolute atomic E-state index is 13.6. The molecule has 0 spiro atoms. The summed E-state index contributed by atoms with van der Waals surface area (Å²) >= 11 is 6.02. The molecule has 0 radical (unpaired) electrons. The highest BCUT2D eigenvalue weighted by atomic mass is 35.5. The maximum atomic E-state index is 13.6. The first-order valence-corrected chi connectivity index (χ1v) is 8.53. The number of ether oxygens (including phenoxy) is 1. The van der Waals surface area contributed by atoms with Gasteiger partial charge in [0, 0.05) is 20.2 Å². The lowest BCUT2D eigenvalue weighted by Gasteiger charge is -2.16. The zero-order valence-corrected chi connectivity index (χ0v) is 15.9. The molecule has 2 heterocycles. The minimum absolute atomic E-state index is 0.0174. The van der Waals surface area contributed by atoms with Gasteiger partial charge in [-0.25, -0.2) is 8.78 Å². The number of furan rings is 1. The average Bonchev–Trinajstić information content (AvgIpc) is 3.28. The number of carbonyl (C=O) groups excluding carboxylic acids is 1. The van der Waals surface area contributed by atoms with Crippen LogP contribution in [0.15, 0.2) is 28.8 Å². The van der Waals surface area contributed by atoms with Gasteiger partial charge in [-0.15, -0.1) is 0 Å². The van der Waals surface area contributed by atoms with Crippen molar-refractivity contribution in [2.45, 2.75) is 13.2 Å². The van der Waals surface area contributed by atoms with Gasteiger partial charge in [-0.2, -0.15) is 13.9 Å². The number of halogens is 5. The molecule has 0 aliphatic carbocycles. The summed E-state index contributed by atoms with van der Waals surface area (Å²) in [4.78, 5) is 13.8. The number of aryl methyl sites for hydroxylation is 1. The van der Waals surface area contributed by atoms with E-state index in [9.17, 15) is 22.4 Å². The van der Waals surface area contributed by atoms with Crippen LogP contribution in [0.2, 0.25) is 5.02 Å². The Morgan fingerprint density at radius 3 is 2.48 bits per heavy atom. The molecule has 3 rings (SSSR count). The van der Waals surface area contributed by atoms with Gasteiger partial charge in [0.15, 0.2) is 23.1 Å². The Morgan fingerprint density at radius 2 is 1.90 bits per heavy atom. The lowest BCUT2D eigenvalue weighted by molar-refractivity contribution is 0.0746. The van der Waals surface area contributed by atoms with Crippen LogP contribution in [0.3, 0.4) is 0 Å². The van der Waals surface area contributed by atoms with Crippen molar-refractivity contribution in [2.75, 3.05) is 7.05 Å². The molecule has 0 N–H and O–H groups in total. The summed E-state index contributed by atoms with van der Waals surface area (Å²) in [6, 6.07) is 2.75. The fourth-order valence-corrected chi connectivity index (χ4v) is 2.72. The molecule has 0 aliphatic rings. The number of rotatable bonds is 6. The van der Waals surface area contributed by atoms with E-state index in [-0.39, 0.29) is 24.1 Å². The third-order valence-corrected chi connectivity index (χ3v) is 4.36. The second-order valence-electron chi connectivity index (χ2n) is 6.08. The molecule has 0 bridgehead atoms. The van der Waals surface area contributed by atoms with E-state index in [1.165, 1.54) is 35.0 Å². The Kier molecular flexibility index (Phi) is 5.83. The Morgan fingerprint density at radius 1 is 1.24 bits per heavy atom. The lowest BCUT2D eigenvalue weighted by atomic mass is 10.3. The van der Waals surface area contributed by atoms with E-state index >= 15 is 0 Å². The first kappa shape index (κ1) is 20.7. The van der Waals surface area contributed by atoms with Crippen LogP contribution < -0.4 is 4.74 Å². The molecular formula is C18H14ClF4N3O3. The van der Waals surface area contributed by atoms with Gasteiger partial charge in [0.1, 0.15) is 12.4 Å². The summed E-state index contributed by atoms with van der Waals surface area (Å²) < 4.78 is 65.3. The highest BCUT2D eigenvalue weighted by Crippen LogP contribution is 2.27. The highest BCUT2D eigenvalue weighted by Gasteiger charge is 2.22. The number of hydrogen-bond donors (Lipinski definition) is 0. The monoisotopic (exact) mass is 431 g/mol. The van der Waals surface area contributed by atoms with Crippen LogP contribution >= 0.6 is 11.6 Å². The predicted octanol–water partition coefficient (Wildman–Crippen LogP) is 4.07. The molecule has 1 aromatic carbocycles. The Labute approximate surface area is 167 Å². The zero-order valence-electron chi connectivity index (χ0n) is 15.2. The van der Waals surface area contributed by atoms with Gasteiger partial charge in [0.25, 0.3) is 5.91 Å². The molecular weight excluding hydrogens is 418 g/mol. The van der Waals surface area contributed by atoms with Crippen molar-refractivity contribution in [2.24, 2.45) is 7.05 Å². The number of benzene rings is 1. The number of nitrogens with zero attached hydrogens (tertiary/aromatic N) is 3. The molecule has 1 amide bonds. The van der Waals surface area contributed by atoms with Gasteiger partial charge >= 0.3 is 0 Å². The van der Waals surface area contributed by atoms with Crippen molar-refractivity contribution in [1.29, 1.82) is 0 Å². The third kappa shape index (κ3) is 4.21. The maximum Gasteiger partial charge on any atom is 0.289 e. The predicted molar refractivity (Wildman–Crippen MR) is 93.3 cm³/mol. The van der Waals surface area contributed by atoms with Gasteiger partial charge in [0.2, 0.25) is 11.6 Å². The van der Waals surface area contributed by atoms with E-state index in [4.69, 9.17) is 20.8 Å². The number of hydrogen-bond acceptors (Lipinski definition) is 4. The summed E-state index contributed by atoms with van der Waals surface area (Å²) in [5, 5.41) is 4.37. The second-order valence-corrected chi connectivity index (χ2v) is 6.48. The molecule has 0 fully saturated rings. The summed E-state index contributed by atoms with van der Waals surface area (Å²) in [5.74, 6) is -8.29.